The lowest BCUT2D eigenvalue weighted by atomic mass is 10.1. The van der Waals surface area contributed by atoms with E-state index in [0.29, 0.717) is 16.6 Å². The quantitative estimate of drug-likeness (QED) is 0.297. The topological polar surface area (TPSA) is 163 Å². The van der Waals surface area contributed by atoms with Gasteiger partial charge in [0.2, 0.25) is 11.0 Å². The zero-order chi connectivity index (χ0) is 24.4. The highest BCUT2D eigenvalue weighted by Crippen LogP contribution is 2.18. The third kappa shape index (κ3) is 9.73. The van der Waals surface area contributed by atoms with E-state index in [1.54, 1.807) is 40.0 Å². The van der Waals surface area contributed by atoms with Gasteiger partial charge in [-0.05, 0) is 52.2 Å². The molecule has 0 radical (unpaired) electrons. The van der Waals surface area contributed by atoms with E-state index in [2.05, 4.69) is 25.8 Å². The molecule has 0 aromatic carbocycles. The normalized spacial score (nSPS) is 12.5. The fraction of sp³-hybridized carbons (Fsp3) is 0.476. The van der Waals surface area contributed by atoms with Crippen molar-refractivity contribution in [2.24, 2.45) is 11.5 Å². The van der Waals surface area contributed by atoms with E-state index < -0.39 is 11.7 Å². The van der Waals surface area contributed by atoms with Crippen LogP contribution in [0, 0.1) is 0 Å². The van der Waals surface area contributed by atoms with Crippen molar-refractivity contribution in [1.29, 1.82) is 0 Å². The van der Waals surface area contributed by atoms with Gasteiger partial charge in [0.1, 0.15) is 16.9 Å². The third-order valence-corrected chi connectivity index (χ3v) is 5.07. The van der Waals surface area contributed by atoms with Gasteiger partial charge in [0.15, 0.2) is 0 Å². The van der Waals surface area contributed by atoms with Crippen LogP contribution < -0.4 is 22.1 Å². The maximum Gasteiger partial charge on any atom is 0.419 e. The van der Waals surface area contributed by atoms with Crippen LogP contribution in [0.1, 0.15) is 50.7 Å². The van der Waals surface area contributed by atoms with E-state index in [4.69, 9.17) is 16.2 Å². The number of aromatic nitrogens is 4. The fourth-order valence-corrected chi connectivity index (χ4v) is 3.37. The second kappa shape index (κ2) is 12.0. The number of unbranched alkanes of at least 4 members (excludes halogenated alkanes) is 1. The Hall–Kier alpha value is -3.41. The molecule has 0 unspecified atom stereocenters. The number of carbonyl (C=O) groups excluding carboxylic acids is 2. The van der Waals surface area contributed by atoms with Gasteiger partial charge in [-0.25, -0.2) is 14.3 Å². The summed E-state index contributed by atoms with van der Waals surface area (Å²) in [5, 5.41) is 14.9. The molecule has 0 spiro atoms. The summed E-state index contributed by atoms with van der Waals surface area (Å²) in [6.45, 7) is 5.33. The Morgan fingerprint density at radius 3 is 2.67 bits per heavy atom. The number of ether oxygens (including phenoxy) is 1. The standard InChI is InChI=1S/C21H32N8O3S/c1-21(2,3)32-20(31)29-12-15(25-13-29)11-17(30)26-19-28-27-18(33-19)8-6-5-7-14(22)9-10-16(23)24-4/h9-10,12-13,24H,5-8,11,22-23H2,1-4H3,(H,26,28,30)/b14-9-,16-10+. The SMILES string of the molecule is CN/C(N)=C/C=C(\N)CCCCc1nnc(NC(=O)Cc2cn(C(=O)OC(C)(C)C)cn2)s1. The van der Waals surface area contributed by atoms with Crippen molar-refractivity contribution in [2.45, 2.75) is 58.5 Å². The average molecular weight is 477 g/mol. The van der Waals surface area contributed by atoms with Crippen molar-refractivity contribution >= 4 is 28.5 Å². The number of aryl methyl sites for hydroxylation is 1. The number of hydrogen-bond acceptors (Lipinski definition) is 10. The number of imidazole rings is 1. The molecule has 1 amide bonds. The van der Waals surface area contributed by atoms with Crippen LogP contribution in [0.4, 0.5) is 9.93 Å². The molecule has 0 aliphatic rings. The number of allylic oxidation sites excluding steroid dienone is 3. The van der Waals surface area contributed by atoms with Gasteiger partial charge in [-0.2, -0.15) is 0 Å². The highest BCUT2D eigenvalue weighted by Gasteiger charge is 2.18. The smallest absolute Gasteiger partial charge is 0.419 e. The fourth-order valence-electron chi connectivity index (χ4n) is 2.57. The van der Waals surface area contributed by atoms with Crippen molar-refractivity contribution < 1.29 is 14.3 Å². The summed E-state index contributed by atoms with van der Waals surface area (Å²) in [6, 6.07) is 0. The molecule has 11 nitrogen and oxygen atoms in total. The maximum absolute atomic E-state index is 12.3. The largest absolute Gasteiger partial charge is 0.443 e. The monoisotopic (exact) mass is 476 g/mol. The molecule has 2 rings (SSSR count). The molecule has 2 heterocycles. The maximum atomic E-state index is 12.3. The zero-order valence-electron chi connectivity index (χ0n) is 19.4. The van der Waals surface area contributed by atoms with E-state index >= 15 is 0 Å². The first-order valence-corrected chi connectivity index (χ1v) is 11.4. The van der Waals surface area contributed by atoms with E-state index in [9.17, 15) is 9.59 Å². The van der Waals surface area contributed by atoms with Crippen LogP contribution in [0.3, 0.4) is 0 Å². The van der Waals surface area contributed by atoms with Crippen LogP contribution >= 0.6 is 11.3 Å². The predicted molar refractivity (Wildman–Crippen MR) is 127 cm³/mol. The van der Waals surface area contributed by atoms with E-state index in [-0.39, 0.29) is 12.3 Å². The number of nitrogens with two attached hydrogens (primary N) is 2. The van der Waals surface area contributed by atoms with Crippen molar-refractivity contribution in [3.05, 3.63) is 46.9 Å². The highest BCUT2D eigenvalue weighted by molar-refractivity contribution is 7.15. The Labute approximate surface area is 197 Å². The summed E-state index contributed by atoms with van der Waals surface area (Å²) in [6.07, 6.45) is 9.08. The Balaban J connectivity index is 1.76. The van der Waals surface area contributed by atoms with Gasteiger partial charge < -0.3 is 26.8 Å². The van der Waals surface area contributed by atoms with Crippen LogP contribution in [-0.2, 0) is 22.4 Å². The predicted octanol–water partition coefficient (Wildman–Crippen LogP) is 2.27. The summed E-state index contributed by atoms with van der Waals surface area (Å²) in [7, 11) is 1.74. The Morgan fingerprint density at radius 1 is 1.21 bits per heavy atom. The van der Waals surface area contributed by atoms with E-state index in [1.807, 2.05) is 0 Å². The first-order valence-electron chi connectivity index (χ1n) is 10.5. The number of nitrogens with zero attached hydrogens (tertiary/aromatic N) is 4. The highest BCUT2D eigenvalue weighted by atomic mass is 32.1. The molecule has 180 valence electrons. The average Bonchev–Trinajstić information content (AvgIpc) is 3.37. The molecular formula is C21H32N8O3S. The molecule has 0 bridgehead atoms. The Kier molecular flexibility index (Phi) is 9.40. The second-order valence-corrected chi connectivity index (χ2v) is 9.36. The summed E-state index contributed by atoms with van der Waals surface area (Å²) < 4.78 is 6.48. The molecule has 0 saturated carbocycles. The van der Waals surface area contributed by atoms with Gasteiger partial charge in [0, 0.05) is 25.4 Å². The molecule has 6 N–H and O–H groups in total. The van der Waals surface area contributed by atoms with Gasteiger partial charge in [0.25, 0.3) is 0 Å². The minimum absolute atomic E-state index is 0.00281. The number of nitrogens with one attached hydrogen (secondary N) is 2. The van der Waals surface area contributed by atoms with Gasteiger partial charge in [0.05, 0.1) is 17.9 Å². The molecule has 2 aromatic heterocycles. The Bertz CT molecular complexity index is 1000. The second-order valence-electron chi connectivity index (χ2n) is 8.30. The van der Waals surface area contributed by atoms with Crippen molar-refractivity contribution in [3.63, 3.8) is 0 Å². The number of hydrogen-bond donors (Lipinski definition) is 4. The molecular weight excluding hydrogens is 444 g/mol. The molecule has 0 atom stereocenters. The van der Waals surface area contributed by atoms with Gasteiger partial charge in [-0.15, -0.1) is 10.2 Å². The lowest BCUT2D eigenvalue weighted by Gasteiger charge is -2.19. The first-order chi connectivity index (χ1) is 15.6. The van der Waals surface area contributed by atoms with Crippen LogP contribution in [0.2, 0.25) is 0 Å². The summed E-state index contributed by atoms with van der Waals surface area (Å²) >= 11 is 1.33. The third-order valence-electron chi connectivity index (χ3n) is 4.17. The minimum Gasteiger partial charge on any atom is -0.443 e. The van der Waals surface area contributed by atoms with Crippen molar-refractivity contribution in [1.82, 2.24) is 25.1 Å². The lowest BCUT2D eigenvalue weighted by Crippen LogP contribution is -2.26. The van der Waals surface area contributed by atoms with E-state index in [0.717, 1.165) is 36.4 Å². The molecule has 0 aliphatic heterocycles. The zero-order valence-corrected chi connectivity index (χ0v) is 20.2. The van der Waals surface area contributed by atoms with Gasteiger partial charge >= 0.3 is 6.09 Å². The molecule has 12 heteroatoms. The lowest BCUT2D eigenvalue weighted by molar-refractivity contribution is -0.115. The van der Waals surface area contributed by atoms with Crippen LogP contribution in [0.5, 0.6) is 0 Å². The first kappa shape index (κ1) is 25.8. The molecule has 0 aliphatic carbocycles. The number of carbonyl (C=O) groups is 2. The summed E-state index contributed by atoms with van der Waals surface area (Å²) in [5.74, 6) is 0.261. The number of amides is 1. The molecule has 0 fully saturated rings. The van der Waals surface area contributed by atoms with Crippen molar-refractivity contribution in [3.8, 4) is 0 Å². The number of anilines is 1. The van der Waals surface area contributed by atoms with Gasteiger partial charge in [-0.3, -0.25) is 4.79 Å². The summed E-state index contributed by atoms with van der Waals surface area (Å²) in [5.41, 5.74) is 12.2. The summed E-state index contributed by atoms with van der Waals surface area (Å²) in [4.78, 5) is 28.4. The molecule has 2 aromatic rings. The molecule has 0 saturated heterocycles. The minimum atomic E-state index is -0.615. The van der Waals surface area contributed by atoms with E-state index in [1.165, 1.54) is 28.4 Å². The van der Waals surface area contributed by atoms with Crippen molar-refractivity contribution in [2.75, 3.05) is 12.4 Å². The van der Waals surface area contributed by atoms with Crippen LogP contribution in [0.15, 0.2) is 36.2 Å². The number of rotatable bonds is 10. The Morgan fingerprint density at radius 2 is 1.97 bits per heavy atom. The molecule has 33 heavy (non-hydrogen) atoms. The van der Waals surface area contributed by atoms with Gasteiger partial charge in [-0.1, -0.05) is 11.3 Å². The van der Waals surface area contributed by atoms with Crippen LogP contribution in [0.25, 0.3) is 0 Å². The van der Waals surface area contributed by atoms with Crippen LogP contribution in [-0.4, -0.2) is 44.4 Å².